The van der Waals surface area contributed by atoms with Crippen LogP contribution in [-0.2, 0) is 20.0 Å². The maximum absolute atomic E-state index is 5.52. The average molecular weight is 304 g/mol. The van der Waals surface area contributed by atoms with E-state index in [2.05, 4.69) is 27.6 Å². The van der Waals surface area contributed by atoms with E-state index < -0.39 is 0 Å². The molecule has 2 aromatic heterocycles. The molecule has 4 nitrogen and oxygen atoms in total. The molecule has 114 valence electrons. The van der Waals surface area contributed by atoms with E-state index in [9.17, 15) is 0 Å². The SMILES string of the molecule is CCCc1nn(C)c2c1[nH]c(=S)n2CCC1=CCCCC1. The van der Waals surface area contributed by atoms with E-state index in [0.717, 1.165) is 47.4 Å². The second-order valence-corrected chi connectivity index (χ2v) is 6.35. The first-order chi connectivity index (χ1) is 10.2. The molecule has 1 N–H and O–H groups in total. The Kier molecular flexibility index (Phi) is 4.29. The van der Waals surface area contributed by atoms with Gasteiger partial charge in [-0.15, -0.1) is 0 Å². The van der Waals surface area contributed by atoms with Crippen LogP contribution >= 0.6 is 12.2 Å². The number of nitrogens with zero attached hydrogens (tertiary/aromatic N) is 3. The summed E-state index contributed by atoms with van der Waals surface area (Å²) in [4.78, 5) is 3.36. The van der Waals surface area contributed by atoms with Crippen molar-refractivity contribution in [2.75, 3.05) is 0 Å². The quantitative estimate of drug-likeness (QED) is 0.661. The van der Waals surface area contributed by atoms with E-state index in [4.69, 9.17) is 12.2 Å². The molecule has 5 heteroatoms. The molecule has 2 aromatic rings. The van der Waals surface area contributed by atoms with Gasteiger partial charge in [0.1, 0.15) is 5.52 Å². The number of hydrogen-bond acceptors (Lipinski definition) is 2. The highest BCUT2D eigenvalue weighted by atomic mass is 32.1. The number of rotatable bonds is 5. The molecule has 0 spiro atoms. The summed E-state index contributed by atoms with van der Waals surface area (Å²) in [6, 6.07) is 0. The van der Waals surface area contributed by atoms with Gasteiger partial charge in [0.25, 0.3) is 0 Å². The van der Waals surface area contributed by atoms with Gasteiger partial charge in [-0.25, -0.2) is 0 Å². The number of aromatic nitrogens is 4. The smallest absolute Gasteiger partial charge is 0.179 e. The number of H-pyrrole nitrogens is 1. The molecule has 0 aromatic carbocycles. The summed E-state index contributed by atoms with van der Waals surface area (Å²) in [5.74, 6) is 0. The van der Waals surface area contributed by atoms with Crippen molar-refractivity contribution in [3.05, 3.63) is 22.1 Å². The molecule has 3 rings (SSSR count). The maximum Gasteiger partial charge on any atom is 0.179 e. The third kappa shape index (κ3) is 2.84. The molecule has 0 saturated heterocycles. The van der Waals surface area contributed by atoms with Crippen molar-refractivity contribution < 1.29 is 0 Å². The number of fused-ring (bicyclic) bond motifs is 1. The van der Waals surface area contributed by atoms with Crippen LogP contribution in [0.15, 0.2) is 11.6 Å². The number of nitrogens with one attached hydrogen (secondary N) is 1. The maximum atomic E-state index is 5.52. The van der Waals surface area contributed by atoms with Crippen LogP contribution in [0.4, 0.5) is 0 Å². The van der Waals surface area contributed by atoms with Crippen LogP contribution in [0.3, 0.4) is 0 Å². The highest BCUT2D eigenvalue weighted by Crippen LogP contribution is 2.23. The fourth-order valence-electron chi connectivity index (χ4n) is 3.28. The van der Waals surface area contributed by atoms with E-state index >= 15 is 0 Å². The average Bonchev–Trinajstić information content (AvgIpc) is 2.96. The summed E-state index contributed by atoms with van der Waals surface area (Å²) in [7, 11) is 2.01. The van der Waals surface area contributed by atoms with Gasteiger partial charge in [-0.05, 0) is 50.7 Å². The lowest BCUT2D eigenvalue weighted by Gasteiger charge is -2.13. The van der Waals surface area contributed by atoms with Crippen molar-refractivity contribution in [2.24, 2.45) is 7.05 Å². The summed E-state index contributed by atoms with van der Waals surface area (Å²) >= 11 is 5.52. The predicted octanol–water partition coefficient (Wildman–Crippen LogP) is 4.28. The van der Waals surface area contributed by atoms with E-state index in [0.29, 0.717) is 0 Å². The number of aryl methyl sites for hydroxylation is 3. The first-order valence-corrected chi connectivity index (χ1v) is 8.43. The first-order valence-electron chi connectivity index (χ1n) is 8.03. The molecule has 0 bridgehead atoms. The van der Waals surface area contributed by atoms with Crippen LogP contribution in [-0.4, -0.2) is 19.3 Å². The molecule has 0 fully saturated rings. The Morgan fingerprint density at radius 1 is 1.33 bits per heavy atom. The molecule has 0 saturated carbocycles. The topological polar surface area (TPSA) is 38.5 Å². The standard InChI is InChI=1S/C16H24N4S/c1-3-7-13-14-15(19(2)18-13)20(16(21)17-14)11-10-12-8-5-4-6-9-12/h8H,3-7,9-11H2,1-2H3,(H,17,21). The van der Waals surface area contributed by atoms with Crippen molar-refractivity contribution >= 4 is 23.4 Å². The molecule has 0 radical (unpaired) electrons. The Hall–Kier alpha value is -1.36. The molecule has 1 aliphatic rings. The van der Waals surface area contributed by atoms with Crippen LogP contribution in [0, 0.1) is 4.77 Å². The molecule has 1 aliphatic carbocycles. The summed E-state index contributed by atoms with van der Waals surface area (Å²) in [5.41, 5.74) is 4.99. The molecule has 21 heavy (non-hydrogen) atoms. The zero-order chi connectivity index (χ0) is 14.8. The van der Waals surface area contributed by atoms with Crippen molar-refractivity contribution in [1.29, 1.82) is 0 Å². The van der Waals surface area contributed by atoms with E-state index in [1.807, 2.05) is 11.7 Å². The monoisotopic (exact) mass is 304 g/mol. The van der Waals surface area contributed by atoms with Gasteiger partial charge in [-0.2, -0.15) is 5.10 Å². The molecular weight excluding hydrogens is 280 g/mol. The van der Waals surface area contributed by atoms with Gasteiger partial charge >= 0.3 is 0 Å². The molecular formula is C16H24N4S. The Morgan fingerprint density at radius 2 is 2.19 bits per heavy atom. The lowest BCUT2D eigenvalue weighted by atomic mass is 9.97. The minimum absolute atomic E-state index is 0.826. The number of hydrogen-bond donors (Lipinski definition) is 1. The highest BCUT2D eigenvalue weighted by molar-refractivity contribution is 7.71. The zero-order valence-electron chi connectivity index (χ0n) is 13.0. The van der Waals surface area contributed by atoms with Gasteiger partial charge in [0, 0.05) is 13.6 Å². The van der Waals surface area contributed by atoms with Gasteiger partial charge in [-0.3, -0.25) is 4.68 Å². The second kappa shape index (κ2) is 6.18. The number of aromatic amines is 1. The fourth-order valence-corrected chi connectivity index (χ4v) is 3.56. The summed E-state index contributed by atoms with van der Waals surface area (Å²) in [5, 5.41) is 4.64. The van der Waals surface area contributed by atoms with Gasteiger partial charge in [0.2, 0.25) is 0 Å². The van der Waals surface area contributed by atoms with E-state index in [1.165, 1.54) is 25.7 Å². The van der Waals surface area contributed by atoms with Crippen molar-refractivity contribution in [2.45, 2.75) is 58.4 Å². The van der Waals surface area contributed by atoms with Gasteiger partial charge in [0.15, 0.2) is 10.4 Å². The highest BCUT2D eigenvalue weighted by Gasteiger charge is 2.15. The molecule has 0 amide bonds. The fraction of sp³-hybridized carbons (Fsp3) is 0.625. The Morgan fingerprint density at radius 3 is 2.90 bits per heavy atom. The second-order valence-electron chi connectivity index (χ2n) is 5.96. The third-order valence-electron chi connectivity index (χ3n) is 4.35. The van der Waals surface area contributed by atoms with Crippen molar-refractivity contribution in [3.63, 3.8) is 0 Å². The lowest BCUT2D eigenvalue weighted by Crippen LogP contribution is -2.05. The number of allylic oxidation sites excluding steroid dienone is 2. The molecule has 0 aliphatic heterocycles. The third-order valence-corrected chi connectivity index (χ3v) is 4.67. The minimum atomic E-state index is 0.826. The Balaban J connectivity index is 1.89. The minimum Gasteiger partial charge on any atom is -0.328 e. The van der Waals surface area contributed by atoms with E-state index in [-0.39, 0.29) is 0 Å². The van der Waals surface area contributed by atoms with Gasteiger partial charge in [-0.1, -0.05) is 25.0 Å². The molecule has 0 atom stereocenters. The van der Waals surface area contributed by atoms with Crippen LogP contribution < -0.4 is 0 Å². The summed E-state index contributed by atoms with van der Waals surface area (Å²) in [6.07, 6.45) is 10.8. The first kappa shape index (κ1) is 14.6. The molecule has 2 heterocycles. The van der Waals surface area contributed by atoms with Crippen LogP contribution in [0.1, 0.15) is 51.1 Å². The van der Waals surface area contributed by atoms with Gasteiger partial charge in [0.05, 0.1) is 5.69 Å². The molecule has 0 unspecified atom stereocenters. The van der Waals surface area contributed by atoms with Gasteiger partial charge < -0.3 is 9.55 Å². The van der Waals surface area contributed by atoms with Crippen LogP contribution in [0.2, 0.25) is 0 Å². The predicted molar refractivity (Wildman–Crippen MR) is 89.1 cm³/mol. The number of imidazole rings is 1. The van der Waals surface area contributed by atoms with Crippen molar-refractivity contribution in [1.82, 2.24) is 19.3 Å². The lowest BCUT2D eigenvalue weighted by molar-refractivity contribution is 0.616. The summed E-state index contributed by atoms with van der Waals surface area (Å²) < 4.78 is 5.01. The van der Waals surface area contributed by atoms with Crippen LogP contribution in [0.5, 0.6) is 0 Å². The van der Waals surface area contributed by atoms with E-state index in [1.54, 1.807) is 5.57 Å². The Bertz CT molecular complexity index is 717. The van der Waals surface area contributed by atoms with Crippen LogP contribution in [0.25, 0.3) is 11.2 Å². The zero-order valence-corrected chi connectivity index (χ0v) is 13.8. The largest absolute Gasteiger partial charge is 0.328 e. The normalized spacial score (nSPS) is 15.6. The summed E-state index contributed by atoms with van der Waals surface area (Å²) in [6.45, 7) is 3.14. The Labute approximate surface area is 130 Å². The van der Waals surface area contributed by atoms with Crippen molar-refractivity contribution in [3.8, 4) is 0 Å².